The molecule has 0 fully saturated rings. The van der Waals surface area contributed by atoms with E-state index in [1.54, 1.807) is 12.3 Å². The molecule has 0 aliphatic rings. The number of hydrogen-bond acceptors (Lipinski definition) is 2. The number of carbonyl (C=O) groups excluding carboxylic acids is 1. The van der Waals surface area contributed by atoms with Gasteiger partial charge in [0.05, 0.1) is 18.6 Å². The molecular formula is C11H12ClNO3. The number of halogens is 1. The van der Waals surface area contributed by atoms with E-state index >= 15 is 0 Å². The second-order valence-electron chi connectivity index (χ2n) is 3.23. The minimum Gasteiger partial charge on any atom is -0.469 e. The van der Waals surface area contributed by atoms with Crippen molar-refractivity contribution in [1.82, 2.24) is 4.98 Å². The van der Waals surface area contributed by atoms with Gasteiger partial charge in [0, 0.05) is 17.1 Å². The Balaban J connectivity index is 0.00000128. The number of hydrogen-bond donors (Lipinski definition) is 1. The molecule has 5 heteroatoms. The number of carbonyl (C=O) groups is 1. The van der Waals surface area contributed by atoms with Crippen LogP contribution in [0.4, 0.5) is 0 Å². The van der Waals surface area contributed by atoms with Crippen molar-refractivity contribution in [1.29, 1.82) is 0 Å². The van der Waals surface area contributed by atoms with E-state index in [2.05, 4.69) is 9.72 Å². The first-order valence-corrected chi connectivity index (χ1v) is 4.91. The fourth-order valence-corrected chi connectivity index (χ4v) is 1.87. The average Bonchev–Trinajstić information content (AvgIpc) is 2.63. The number of esters is 1. The summed E-state index contributed by atoms with van der Waals surface area (Å²) < 4.78 is 4.62. The Morgan fingerprint density at radius 3 is 2.94 bits per heavy atom. The number of fused-ring (bicyclic) bond motifs is 1. The predicted molar refractivity (Wildman–Crippen MR) is 62.6 cm³/mol. The Hall–Kier alpha value is -1.52. The van der Waals surface area contributed by atoms with Crippen LogP contribution in [0.5, 0.6) is 0 Å². The van der Waals surface area contributed by atoms with Gasteiger partial charge in [0.15, 0.2) is 0 Å². The number of H-pyrrole nitrogens is 1. The summed E-state index contributed by atoms with van der Waals surface area (Å²) in [7, 11) is 1.37. The fraction of sp³-hybridized carbons (Fsp3) is 0.182. The summed E-state index contributed by atoms with van der Waals surface area (Å²) in [5.74, 6) is -0.268. The first kappa shape index (κ1) is 12.5. The predicted octanol–water partition coefficient (Wildman–Crippen LogP) is 1.71. The van der Waals surface area contributed by atoms with Gasteiger partial charge < -0.3 is 15.2 Å². The van der Waals surface area contributed by atoms with Crippen molar-refractivity contribution in [3.63, 3.8) is 0 Å². The Labute approximate surface area is 97.5 Å². The fourth-order valence-electron chi connectivity index (χ4n) is 1.57. The quantitative estimate of drug-likeness (QED) is 0.813. The van der Waals surface area contributed by atoms with Gasteiger partial charge in [0.1, 0.15) is 0 Å². The van der Waals surface area contributed by atoms with E-state index in [-0.39, 0.29) is 17.9 Å². The van der Waals surface area contributed by atoms with E-state index < -0.39 is 0 Å². The third-order valence-corrected chi connectivity index (χ3v) is 2.61. The lowest BCUT2D eigenvalue weighted by atomic mass is 10.1. The van der Waals surface area contributed by atoms with Crippen molar-refractivity contribution in [2.24, 2.45) is 0 Å². The van der Waals surface area contributed by atoms with Crippen LogP contribution in [-0.2, 0) is 16.0 Å². The lowest BCUT2D eigenvalue weighted by Crippen LogP contribution is -2.03. The molecule has 1 heterocycles. The smallest absolute Gasteiger partial charge is 0.310 e. The molecule has 0 spiro atoms. The summed E-state index contributed by atoms with van der Waals surface area (Å²) in [6, 6.07) is 5.59. The highest BCUT2D eigenvalue weighted by atomic mass is 35.5. The van der Waals surface area contributed by atoms with Crippen LogP contribution in [0.2, 0.25) is 5.02 Å². The molecule has 0 aliphatic heterocycles. The van der Waals surface area contributed by atoms with Crippen LogP contribution in [0, 0.1) is 0 Å². The normalized spacial score (nSPS) is 9.88. The third-order valence-electron chi connectivity index (χ3n) is 2.30. The first-order chi connectivity index (χ1) is 7.22. The second-order valence-corrected chi connectivity index (χ2v) is 3.64. The number of aromatic nitrogens is 1. The van der Waals surface area contributed by atoms with E-state index in [1.807, 2.05) is 12.1 Å². The number of aromatic amines is 1. The molecule has 0 saturated carbocycles. The Kier molecular flexibility index (Phi) is 3.93. The summed E-state index contributed by atoms with van der Waals surface area (Å²) in [6.07, 6.45) is 2.02. The molecule has 1 aromatic carbocycles. The molecule has 0 aliphatic carbocycles. The number of ether oxygens (including phenoxy) is 1. The monoisotopic (exact) mass is 241 g/mol. The molecule has 2 rings (SSSR count). The van der Waals surface area contributed by atoms with Gasteiger partial charge in [-0.15, -0.1) is 0 Å². The third kappa shape index (κ3) is 2.18. The van der Waals surface area contributed by atoms with Gasteiger partial charge >= 0.3 is 5.97 Å². The van der Waals surface area contributed by atoms with Crippen LogP contribution in [0.3, 0.4) is 0 Å². The van der Waals surface area contributed by atoms with Crippen LogP contribution in [0.25, 0.3) is 10.9 Å². The van der Waals surface area contributed by atoms with Crippen LogP contribution < -0.4 is 0 Å². The van der Waals surface area contributed by atoms with Crippen molar-refractivity contribution >= 4 is 28.5 Å². The van der Waals surface area contributed by atoms with Crippen LogP contribution >= 0.6 is 11.6 Å². The highest BCUT2D eigenvalue weighted by Crippen LogP contribution is 2.26. The molecule has 16 heavy (non-hydrogen) atoms. The van der Waals surface area contributed by atoms with Gasteiger partial charge in [-0.05, 0) is 17.7 Å². The minimum atomic E-state index is -0.268. The molecular weight excluding hydrogens is 230 g/mol. The maximum absolute atomic E-state index is 11.2. The standard InChI is InChI=1S/C11H10ClNO2.H2O/c1-15-10(14)5-7-6-13-9-4-2-3-8(12)11(7)9;/h2-4,6,13H,5H2,1H3;1H2. The van der Waals surface area contributed by atoms with Crippen LogP contribution in [0.1, 0.15) is 5.56 Å². The van der Waals surface area contributed by atoms with Crippen molar-refractivity contribution in [2.45, 2.75) is 6.42 Å². The summed E-state index contributed by atoms with van der Waals surface area (Å²) in [4.78, 5) is 14.2. The molecule has 4 nitrogen and oxygen atoms in total. The number of benzene rings is 1. The van der Waals surface area contributed by atoms with E-state index in [0.29, 0.717) is 5.02 Å². The van der Waals surface area contributed by atoms with Gasteiger partial charge in [-0.1, -0.05) is 17.7 Å². The summed E-state index contributed by atoms with van der Waals surface area (Å²) in [5, 5.41) is 1.54. The minimum absolute atomic E-state index is 0. The molecule has 0 atom stereocenters. The Morgan fingerprint density at radius 1 is 1.50 bits per heavy atom. The Morgan fingerprint density at radius 2 is 2.25 bits per heavy atom. The molecule has 0 radical (unpaired) electrons. The van der Waals surface area contributed by atoms with Gasteiger partial charge in [0.2, 0.25) is 0 Å². The molecule has 0 saturated heterocycles. The van der Waals surface area contributed by atoms with Crippen molar-refractivity contribution in [3.05, 3.63) is 35.0 Å². The van der Waals surface area contributed by atoms with Gasteiger partial charge in [-0.25, -0.2) is 0 Å². The highest BCUT2D eigenvalue weighted by Gasteiger charge is 2.10. The first-order valence-electron chi connectivity index (χ1n) is 4.53. The van der Waals surface area contributed by atoms with Crippen molar-refractivity contribution in [3.8, 4) is 0 Å². The Bertz CT molecular complexity index is 507. The molecule has 0 unspecified atom stereocenters. The number of rotatable bonds is 2. The van der Waals surface area contributed by atoms with E-state index in [1.165, 1.54) is 7.11 Å². The number of methoxy groups -OCH3 is 1. The molecule has 2 aromatic rings. The van der Waals surface area contributed by atoms with Gasteiger partial charge in [0.25, 0.3) is 0 Å². The zero-order valence-corrected chi connectivity index (χ0v) is 9.47. The molecule has 0 amide bonds. The van der Waals surface area contributed by atoms with Gasteiger partial charge in [-0.2, -0.15) is 0 Å². The second kappa shape index (κ2) is 5.01. The SMILES string of the molecule is COC(=O)Cc1c[nH]c2cccc(Cl)c12.O. The van der Waals surface area contributed by atoms with E-state index in [0.717, 1.165) is 16.5 Å². The zero-order valence-electron chi connectivity index (χ0n) is 8.71. The lowest BCUT2D eigenvalue weighted by molar-refractivity contribution is -0.139. The van der Waals surface area contributed by atoms with Crippen molar-refractivity contribution < 1.29 is 15.0 Å². The molecule has 1 aromatic heterocycles. The average molecular weight is 242 g/mol. The van der Waals surface area contributed by atoms with Crippen LogP contribution in [0.15, 0.2) is 24.4 Å². The highest BCUT2D eigenvalue weighted by molar-refractivity contribution is 6.35. The maximum atomic E-state index is 11.2. The van der Waals surface area contributed by atoms with Crippen molar-refractivity contribution in [2.75, 3.05) is 7.11 Å². The molecule has 86 valence electrons. The number of nitrogens with one attached hydrogen (secondary N) is 1. The topological polar surface area (TPSA) is 73.6 Å². The van der Waals surface area contributed by atoms with Crippen LogP contribution in [-0.4, -0.2) is 23.5 Å². The molecule has 3 N–H and O–H groups in total. The largest absolute Gasteiger partial charge is 0.469 e. The van der Waals surface area contributed by atoms with E-state index in [9.17, 15) is 4.79 Å². The summed E-state index contributed by atoms with van der Waals surface area (Å²) >= 11 is 6.06. The molecule has 0 bridgehead atoms. The summed E-state index contributed by atoms with van der Waals surface area (Å²) in [6.45, 7) is 0. The maximum Gasteiger partial charge on any atom is 0.310 e. The lowest BCUT2D eigenvalue weighted by Gasteiger charge is -1.99. The van der Waals surface area contributed by atoms with Gasteiger partial charge in [-0.3, -0.25) is 4.79 Å². The van der Waals surface area contributed by atoms with E-state index in [4.69, 9.17) is 11.6 Å². The summed E-state index contributed by atoms with van der Waals surface area (Å²) in [5.41, 5.74) is 1.80. The zero-order chi connectivity index (χ0) is 10.8.